The first-order chi connectivity index (χ1) is 12.6. The normalized spacial score (nSPS) is 22.4. The first-order valence-electron chi connectivity index (χ1n) is 9.18. The molecule has 1 aliphatic rings. The molecule has 0 radical (unpaired) electrons. The number of para-hydroxylation sites is 1. The van der Waals surface area contributed by atoms with Gasteiger partial charge in [0.15, 0.2) is 5.78 Å². The van der Waals surface area contributed by atoms with Crippen molar-refractivity contribution in [1.29, 1.82) is 0 Å². The van der Waals surface area contributed by atoms with E-state index in [2.05, 4.69) is 23.7 Å². The average Bonchev–Trinajstić information content (AvgIpc) is 3.06. The molecule has 4 nitrogen and oxygen atoms in total. The molecule has 3 atom stereocenters. The maximum atomic E-state index is 13.6. The van der Waals surface area contributed by atoms with Gasteiger partial charge >= 0.3 is 0 Å². The topological polar surface area (TPSA) is 45.3 Å². The molecule has 134 valence electrons. The highest BCUT2D eigenvalue weighted by Gasteiger charge is 2.34. The van der Waals surface area contributed by atoms with E-state index in [0.717, 1.165) is 35.1 Å². The molecule has 0 amide bonds. The minimum absolute atomic E-state index is 0.112. The van der Waals surface area contributed by atoms with Crippen LogP contribution in [0.3, 0.4) is 0 Å². The predicted octanol–water partition coefficient (Wildman–Crippen LogP) is 4.20. The lowest BCUT2D eigenvalue weighted by Crippen LogP contribution is -2.48. The van der Waals surface area contributed by atoms with Gasteiger partial charge in [-0.1, -0.05) is 48.5 Å². The summed E-state index contributed by atoms with van der Waals surface area (Å²) in [5.41, 5.74) is 2.77. The minimum Gasteiger partial charge on any atom is -0.373 e. The molecule has 0 unspecified atom stereocenters. The van der Waals surface area contributed by atoms with Crippen molar-refractivity contribution in [2.75, 3.05) is 13.1 Å². The summed E-state index contributed by atoms with van der Waals surface area (Å²) in [5, 5.41) is 0.979. The van der Waals surface area contributed by atoms with Crippen LogP contribution in [-0.4, -0.2) is 41.0 Å². The fourth-order valence-corrected chi connectivity index (χ4v) is 4.01. The zero-order chi connectivity index (χ0) is 18.1. The van der Waals surface area contributed by atoms with E-state index in [-0.39, 0.29) is 24.0 Å². The number of hydrogen-bond acceptors (Lipinski definition) is 3. The van der Waals surface area contributed by atoms with Crippen LogP contribution in [-0.2, 0) is 4.74 Å². The number of aromatic nitrogens is 1. The van der Waals surface area contributed by atoms with Crippen LogP contribution < -0.4 is 0 Å². The van der Waals surface area contributed by atoms with E-state index in [0.29, 0.717) is 0 Å². The summed E-state index contributed by atoms with van der Waals surface area (Å²) in [5.74, 6) is 0.134. The number of carbonyl (C=O) groups is 1. The van der Waals surface area contributed by atoms with Gasteiger partial charge in [0.25, 0.3) is 0 Å². The van der Waals surface area contributed by atoms with Crippen LogP contribution >= 0.6 is 0 Å². The van der Waals surface area contributed by atoms with E-state index in [9.17, 15) is 4.79 Å². The number of hydrogen-bond donors (Lipinski definition) is 1. The van der Waals surface area contributed by atoms with Gasteiger partial charge < -0.3 is 9.72 Å². The van der Waals surface area contributed by atoms with E-state index in [1.165, 1.54) is 0 Å². The van der Waals surface area contributed by atoms with E-state index in [4.69, 9.17) is 4.74 Å². The van der Waals surface area contributed by atoms with E-state index in [1.807, 2.05) is 60.8 Å². The van der Waals surface area contributed by atoms with Crippen molar-refractivity contribution in [3.63, 3.8) is 0 Å². The van der Waals surface area contributed by atoms with Crippen LogP contribution in [0, 0.1) is 0 Å². The maximum absolute atomic E-state index is 13.6. The van der Waals surface area contributed by atoms with Gasteiger partial charge in [-0.2, -0.15) is 0 Å². The molecule has 26 heavy (non-hydrogen) atoms. The first-order valence-corrected chi connectivity index (χ1v) is 9.18. The number of nitrogens with zero attached hydrogens (tertiary/aromatic N) is 1. The molecular formula is C22H24N2O2. The number of nitrogens with one attached hydrogen (secondary N) is 1. The predicted molar refractivity (Wildman–Crippen MR) is 103 cm³/mol. The lowest BCUT2D eigenvalue weighted by Gasteiger charge is -2.39. The highest BCUT2D eigenvalue weighted by molar-refractivity contribution is 6.10. The van der Waals surface area contributed by atoms with Gasteiger partial charge in [0.05, 0.1) is 18.2 Å². The van der Waals surface area contributed by atoms with Crippen molar-refractivity contribution in [3.8, 4) is 0 Å². The molecule has 3 aromatic rings. The molecular weight excluding hydrogens is 324 g/mol. The zero-order valence-corrected chi connectivity index (χ0v) is 15.2. The third kappa shape index (κ3) is 3.18. The lowest BCUT2D eigenvalue weighted by atomic mass is 9.94. The molecule has 1 saturated heterocycles. The Morgan fingerprint density at radius 3 is 2.42 bits per heavy atom. The SMILES string of the molecule is C[C@@H]1CN([C@H](C(=O)c2c[nH]c3ccccc23)c2ccccc2)C[C@H](C)O1. The fraction of sp³-hybridized carbons (Fsp3) is 0.318. The van der Waals surface area contributed by atoms with Crippen molar-refractivity contribution in [2.24, 2.45) is 0 Å². The highest BCUT2D eigenvalue weighted by Crippen LogP contribution is 2.31. The fourth-order valence-electron chi connectivity index (χ4n) is 4.01. The van der Waals surface area contributed by atoms with Gasteiger partial charge in [0.2, 0.25) is 0 Å². The maximum Gasteiger partial charge on any atom is 0.186 e. The van der Waals surface area contributed by atoms with Gasteiger partial charge in [-0.05, 0) is 25.5 Å². The first kappa shape index (κ1) is 17.0. The van der Waals surface area contributed by atoms with Crippen LogP contribution in [0.5, 0.6) is 0 Å². The summed E-state index contributed by atoms with van der Waals surface area (Å²) in [6.45, 7) is 5.64. The molecule has 0 spiro atoms. The van der Waals surface area contributed by atoms with Crippen LogP contribution in [0.15, 0.2) is 60.8 Å². The number of ketones is 1. The van der Waals surface area contributed by atoms with E-state index >= 15 is 0 Å². The number of morpholine rings is 1. The van der Waals surface area contributed by atoms with Crippen LogP contribution in [0.2, 0.25) is 0 Å². The molecule has 2 heterocycles. The number of ether oxygens (including phenoxy) is 1. The Hall–Kier alpha value is -2.43. The summed E-state index contributed by atoms with van der Waals surface area (Å²) in [4.78, 5) is 19.1. The van der Waals surface area contributed by atoms with Crippen molar-refractivity contribution in [1.82, 2.24) is 9.88 Å². The van der Waals surface area contributed by atoms with Crippen LogP contribution in [0.1, 0.15) is 35.8 Å². The molecule has 0 aliphatic carbocycles. The van der Waals surface area contributed by atoms with E-state index < -0.39 is 0 Å². The van der Waals surface area contributed by atoms with Crippen molar-refractivity contribution in [2.45, 2.75) is 32.1 Å². The summed E-state index contributed by atoms with van der Waals surface area (Å²) >= 11 is 0. The highest BCUT2D eigenvalue weighted by atomic mass is 16.5. The van der Waals surface area contributed by atoms with Gasteiger partial charge in [-0.15, -0.1) is 0 Å². The Kier molecular flexibility index (Phi) is 4.62. The Morgan fingerprint density at radius 2 is 1.69 bits per heavy atom. The van der Waals surface area contributed by atoms with Gasteiger partial charge in [0, 0.05) is 35.8 Å². The van der Waals surface area contributed by atoms with Crippen LogP contribution in [0.4, 0.5) is 0 Å². The largest absolute Gasteiger partial charge is 0.373 e. The summed E-state index contributed by atoms with van der Waals surface area (Å²) in [7, 11) is 0. The molecule has 0 saturated carbocycles. The summed E-state index contributed by atoms with van der Waals surface area (Å²) in [6, 6.07) is 17.7. The molecule has 1 fully saturated rings. The molecule has 2 aromatic carbocycles. The van der Waals surface area contributed by atoms with Gasteiger partial charge in [-0.25, -0.2) is 0 Å². The lowest BCUT2D eigenvalue weighted by molar-refractivity contribution is -0.0766. The standard InChI is InChI=1S/C22H24N2O2/c1-15-13-24(14-16(2)26-15)21(17-8-4-3-5-9-17)22(25)19-12-23-20-11-7-6-10-18(19)20/h3-12,15-16,21,23H,13-14H2,1-2H3/t15-,16+,21-/m0/s1. The van der Waals surface area contributed by atoms with Gasteiger partial charge in [-0.3, -0.25) is 9.69 Å². The number of Topliss-reactive ketones (excluding diaryl/α,β-unsaturated/α-hetero) is 1. The minimum atomic E-state index is -0.302. The summed E-state index contributed by atoms with van der Waals surface area (Å²) in [6.07, 6.45) is 2.07. The molecule has 0 bridgehead atoms. The molecule has 4 heteroatoms. The van der Waals surface area contributed by atoms with E-state index in [1.54, 1.807) is 0 Å². The Labute approximate surface area is 153 Å². The Bertz CT molecular complexity index is 893. The van der Waals surface area contributed by atoms with Crippen molar-refractivity contribution in [3.05, 3.63) is 71.9 Å². The average molecular weight is 348 g/mol. The number of carbonyl (C=O) groups excluding carboxylic acids is 1. The molecule has 1 aromatic heterocycles. The number of benzene rings is 2. The summed E-state index contributed by atoms with van der Waals surface area (Å²) < 4.78 is 5.88. The number of H-pyrrole nitrogens is 1. The molecule has 4 rings (SSSR count). The smallest absolute Gasteiger partial charge is 0.186 e. The van der Waals surface area contributed by atoms with Gasteiger partial charge in [0.1, 0.15) is 0 Å². The van der Waals surface area contributed by atoms with Crippen molar-refractivity contribution < 1.29 is 9.53 Å². The number of rotatable bonds is 4. The second-order valence-electron chi connectivity index (χ2n) is 7.14. The van der Waals surface area contributed by atoms with Crippen LogP contribution in [0.25, 0.3) is 10.9 Å². The number of aromatic amines is 1. The second kappa shape index (κ2) is 7.06. The third-order valence-electron chi connectivity index (χ3n) is 5.03. The molecule has 1 N–H and O–H groups in total. The van der Waals surface area contributed by atoms with Crippen molar-refractivity contribution >= 4 is 16.7 Å². The monoisotopic (exact) mass is 348 g/mol. The second-order valence-corrected chi connectivity index (χ2v) is 7.14. The third-order valence-corrected chi connectivity index (χ3v) is 5.03. The Morgan fingerprint density at radius 1 is 1.04 bits per heavy atom. The Balaban J connectivity index is 1.76. The molecule has 1 aliphatic heterocycles. The zero-order valence-electron chi connectivity index (χ0n) is 15.2. The number of fused-ring (bicyclic) bond motifs is 1. The quantitative estimate of drug-likeness (QED) is 0.719.